The molecule has 3 rings (SSSR count). The molecule has 7 heteroatoms. The lowest BCUT2D eigenvalue weighted by molar-refractivity contribution is -0.127. The first-order valence-electron chi connectivity index (χ1n) is 11.7. The maximum Gasteiger partial charge on any atom is 0.246 e. The summed E-state index contributed by atoms with van der Waals surface area (Å²) in [6.07, 6.45) is 3.16. The molecule has 33 heavy (non-hydrogen) atoms. The van der Waals surface area contributed by atoms with Crippen LogP contribution in [0.4, 0.5) is 8.78 Å². The Morgan fingerprint density at radius 1 is 1.15 bits per heavy atom. The van der Waals surface area contributed by atoms with E-state index in [-0.39, 0.29) is 31.5 Å². The maximum absolute atomic E-state index is 13.7. The summed E-state index contributed by atoms with van der Waals surface area (Å²) >= 11 is 0. The first-order chi connectivity index (χ1) is 15.9. The molecule has 2 aromatic carbocycles. The number of aliphatic hydroxyl groups excluding tert-OH is 1. The molecule has 0 aliphatic heterocycles. The Morgan fingerprint density at radius 2 is 1.91 bits per heavy atom. The number of carbonyl (C=O) groups is 1. The molecule has 0 saturated heterocycles. The number of hydrogen-bond donors (Lipinski definition) is 3. The molecule has 2 aromatic rings. The smallest absolute Gasteiger partial charge is 0.246 e. The molecule has 5 nitrogen and oxygen atoms in total. The minimum atomic E-state index is -0.957. The summed E-state index contributed by atoms with van der Waals surface area (Å²) in [7, 11) is 0. The van der Waals surface area contributed by atoms with Gasteiger partial charge in [0.1, 0.15) is 18.2 Å². The van der Waals surface area contributed by atoms with Gasteiger partial charge in [-0.25, -0.2) is 8.78 Å². The number of fused-ring (bicyclic) bond motifs is 1. The molecule has 180 valence electrons. The summed E-state index contributed by atoms with van der Waals surface area (Å²) in [4.78, 5) is 12.3. The summed E-state index contributed by atoms with van der Waals surface area (Å²) in [6.45, 7) is 4.39. The summed E-state index contributed by atoms with van der Waals surface area (Å²) in [6, 6.07) is 9.21. The molecule has 1 amide bonds. The van der Waals surface area contributed by atoms with Crippen molar-refractivity contribution >= 4 is 5.91 Å². The molecule has 2 unspecified atom stereocenters. The monoisotopic (exact) mass is 460 g/mol. The van der Waals surface area contributed by atoms with Crippen LogP contribution in [0.15, 0.2) is 36.4 Å². The highest BCUT2D eigenvalue weighted by atomic mass is 19.1. The average Bonchev–Trinajstić information content (AvgIpc) is 2.79. The van der Waals surface area contributed by atoms with Crippen molar-refractivity contribution < 1.29 is 23.4 Å². The molecule has 0 radical (unpaired) electrons. The van der Waals surface area contributed by atoms with E-state index >= 15 is 0 Å². The molecule has 1 aliphatic rings. The van der Waals surface area contributed by atoms with Crippen LogP contribution < -0.4 is 10.6 Å². The Labute approximate surface area is 194 Å². The van der Waals surface area contributed by atoms with Crippen LogP contribution in [0.25, 0.3) is 0 Å². The highest BCUT2D eigenvalue weighted by Gasteiger charge is 2.25. The van der Waals surface area contributed by atoms with Crippen molar-refractivity contribution in [1.29, 1.82) is 0 Å². The normalized spacial score (nSPS) is 17.3. The molecular weight excluding hydrogens is 426 g/mol. The Morgan fingerprint density at radius 3 is 2.61 bits per heavy atom. The first-order valence-corrected chi connectivity index (χ1v) is 11.7. The number of aryl methyl sites for hydroxylation is 2. The van der Waals surface area contributed by atoms with Crippen molar-refractivity contribution in [2.75, 3.05) is 19.8 Å². The second kappa shape index (κ2) is 12.2. The topological polar surface area (TPSA) is 70.6 Å². The van der Waals surface area contributed by atoms with Gasteiger partial charge in [-0.3, -0.25) is 4.79 Å². The molecule has 3 N–H and O–H groups in total. The second-order valence-electron chi connectivity index (χ2n) is 8.60. The van der Waals surface area contributed by atoms with Gasteiger partial charge in [0, 0.05) is 25.3 Å². The maximum atomic E-state index is 13.7. The summed E-state index contributed by atoms with van der Waals surface area (Å²) in [5.74, 6) is -1.77. The number of benzene rings is 2. The van der Waals surface area contributed by atoms with E-state index in [1.807, 2.05) is 0 Å². The molecular formula is C26H34F2N2O3. The number of nitrogens with one attached hydrogen (secondary N) is 2. The van der Waals surface area contributed by atoms with Gasteiger partial charge in [-0.15, -0.1) is 0 Å². The highest BCUT2D eigenvalue weighted by Crippen LogP contribution is 2.30. The Balaban J connectivity index is 1.70. The third-order valence-electron chi connectivity index (χ3n) is 6.13. The fourth-order valence-electron chi connectivity index (χ4n) is 4.39. The number of halogens is 2. The van der Waals surface area contributed by atoms with Crippen molar-refractivity contribution in [3.63, 3.8) is 0 Å². The standard InChI is InChI=1S/C26H34F2N2O3/c1-3-17-8-9-19-6-5-7-23(22(19)12-17)29-15-25(31)24(30-26(32)16-33-4-2)13-18-10-20(27)14-21(28)11-18/h8-12,14,23-25,29,31H,3-7,13,15-16H2,1-2H3,(H,30,32)/t23-,24?,25?/m0/s1. The first kappa shape index (κ1) is 25.3. The molecule has 3 atom stereocenters. The Bertz CT molecular complexity index is 917. The van der Waals surface area contributed by atoms with Gasteiger partial charge >= 0.3 is 0 Å². The fourth-order valence-corrected chi connectivity index (χ4v) is 4.39. The molecule has 0 bridgehead atoms. The van der Waals surface area contributed by atoms with Crippen LogP contribution in [0.3, 0.4) is 0 Å². The predicted octanol–water partition coefficient (Wildman–Crippen LogP) is 3.62. The van der Waals surface area contributed by atoms with E-state index in [0.29, 0.717) is 12.2 Å². The van der Waals surface area contributed by atoms with Crippen molar-refractivity contribution in [2.45, 2.75) is 64.1 Å². The Kier molecular flexibility index (Phi) is 9.35. The zero-order valence-corrected chi connectivity index (χ0v) is 19.4. The van der Waals surface area contributed by atoms with E-state index in [9.17, 15) is 18.7 Å². The molecule has 0 spiro atoms. The number of ether oxygens (including phenoxy) is 1. The van der Waals surface area contributed by atoms with Crippen LogP contribution in [0, 0.1) is 11.6 Å². The van der Waals surface area contributed by atoms with Crippen LogP contribution in [0.2, 0.25) is 0 Å². The molecule has 1 aliphatic carbocycles. The lowest BCUT2D eigenvalue weighted by Gasteiger charge is -2.30. The second-order valence-corrected chi connectivity index (χ2v) is 8.60. The summed E-state index contributed by atoms with van der Waals surface area (Å²) < 4.78 is 32.5. The van der Waals surface area contributed by atoms with E-state index in [1.165, 1.54) is 28.8 Å². The third kappa shape index (κ3) is 7.32. The van der Waals surface area contributed by atoms with Gasteiger partial charge in [0.2, 0.25) is 5.91 Å². The van der Waals surface area contributed by atoms with Gasteiger partial charge < -0.3 is 20.5 Å². The summed E-state index contributed by atoms with van der Waals surface area (Å²) in [5, 5.41) is 17.2. The largest absolute Gasteiger partial charge is 0.390 e. The van der Waals surface area contributed by atoms with Crippen molar-refractivity contribution in [3.8, 4) is 0 Å². The number of amides is 1. The summed E-state index contributed by atoms with van der Waals surface area (Å²) in [5.41, 5.74) is 4.22. The molecule has 0 heterocycles. The minimum Gasteiger partial charge on any atom is -0.390 e. The lowest BCUT2D eigenvalue weighted by atomic mass is 9.86. The van der Waals surface area contributed by atoms with Crippen molar-refractivity contribution in [2.24, 2.45) is 0 Å². The van der Waals surface area contributed by atoms with Crippen molar-refractivity contribution in [1.82, 2.24) is 10.6 Å². The SMILES string of the molecule is CCOCC(=O)NC(Cc1cc(F)cc(F)c1)C(O)CN[C@H]1CCCc2ccc(CC)cc21. The highest BCUT2D eigenvalue weighted by molar-refractivity contribution is 5.77. The quantitative estimate of drug-likeness (QED) is 0.479. The van der Waals surface area contributed by atoms with E-state index < -0.39 is 23.8 Å². The Hall–Kier alpha value is -2.35. The fraction of sp³-hybridized carbons (Fsp3) is 0.500. The van der Waals surface area contributed by atoms with Crippen molar-refractivity contribution in [3.05, 3.63) is 70.3 Å². The number of aliphatic hydroxyl groups is 1. The van der Waals surface area contributed by atoms with E-state index in [0.717, 1.165) is 31.7 Å². The molecule has 0 fully saturated rings. The number of hydrogen-bond acceptors (Lipinski definition) is 4. The third-order valence-corrected chi connectivity index (χ3v) is 6.13. The van der Waals surface area contributed by atoms with Crippen LogP contribution in [0.5, 0.6) is 0 Å². The van der Waals surface area contributed by atoms with Gasteiger partial charge in [-0.1, -0.05) is 25.1 Å². The van der Waals surface area contributed by atoms with Gasteiger partial charge in [-0.05, 0) is 73.4 Å². The van der Waals surface area contributed by atoms with Gasteiger partial charge in [0.15, 0.2) is 0 Å². The lowest BCUT2D eigenvalue weighted by Crippen LogP contribution is -2.50. The minimum absolute atomic E-state index is 0.0939. The van der Waals surface area contributed by atoms with Gasteiger partial charge in [0.05, 0.1) is 12.1 Å². The van der Waals surface area contributed by atoms with Crippen LogP contribution >= 0.6 is 0 Å². The van der Waals surface area contributed by atoms with E-state index in [4.69, 9.17) is 4.74 Å². The molecule has 0 saturated carbocycles. The van der Waals surface area contributed by atoms with Gasteiger partial charge in [-0.2, -0.15) is 0 Å². The zero-order valence-electron chi connectivity index (χ0n) is 19.4. The predicted molar refractivity (Wildman–Crippen MR) is 124 cm³/mol. The van der Waals surface area contributed by atoms with Crippen LogP contribution in [0.1, 0.15) is 55.0 Å². The van der Waals surface area contributed by atoms with Crippen LogP contribution in [-0.4, -0.2) is 42.9 Å². The van der Waals surface area contributed by atoms with E-state index in [2.05, 4.69) is 35.8 Å². The average molecular weight is 461 g/mol. The number of carbonyl (C=O) groups excluding carboxylic acids is 1. The van der Waals surface area contributed by atoms with Gasteiger partial charge in [0.25, 0.3) is 0 Å². The zero-order chi connectivity index (χ0) is 23.8. The van der Waals surface area contributed by atoms with E-state index in [1.54, 1.807) is 6.92 Å². The number of rotatable bonds is 11. The van der Waals surface area contributed by atoms with Crippen LogP contribution in [-0.2, 0) is 28.8 Å². The molecule has 0 aromatic heterocycles.